The smallest absolute Gasteiger partial charge is 0.227 e. The number of carbonyl (C=O) groups is 1. The number of para-hydroxylation sites is 1. The van der Waals surface area contributed by atoms with Crippen molar-refractivity contribution in [1.82, 2.24) is 0 Å². The van der Waals surface area contributed by atoms with Crippen molar-refractivity contribution < 1.29 is 9.90 Å². The molecule has 3 nitrogen and oxygen atoms in total. The molecule has 1 aromatic carbocycles. The molecule has 0 aromatic heterocycles. The number of aliphatic hydroxyl groups excluding tert-OH is 1. The van der Waals surface area contributed by atoms with Gasteiger partial charge in [-0.2, -0.15) is 0 Å². The van der Waals surface area contributed by atoms with E-state index in [1.54, 1.807) is 0 Å². The van der Waals surface area contributed by atoms with E-state index in [4.69, 9.17) is 5.11 Å². The molecule has 0 spiro atoms. The average Bonchev–Trinajstić information content (AvgIpc) is 3.21. The van der Waals surface area contributed by atoms with Crippen LogP contribution < -0.4 is 5.32 Å². The fourth-order valence-corrected chi connectivity index (χ4v) is 1.89. The number of hydrogen-bond donors (Lipinski definition) is 2. The Morgan fingerprint density at radius 1 is 1.50 bits per heavy atom. The standard InChI is InChI=1S/C15H17NO2/c1-11(12-8-9-12)15(18)16-14-7-3-2-5-13(14)6-4-10-17/h2-3,5,7,11-12,17H,8-10H2,1H3,(H,16,18). The molecular formula is C15H17NO2. The Balaban J connectivity index is 2.10. The summed E-state index contributed by atoms with van der Waals surface area (Å²) in [4.78, 5) is 12.0. The van der Waals surface area contributed by atoms with Gasteiger partial charge in [-0.05, 0) is 30.9 Å². The molecular weight excluding hydrogens is 226 g/mol. The molecule has 1 fully saturated rings. The van der Waals surface area contributed by atoms with Crippen molar-refractivity contribution in [3.05, 3.63) is 29.8 Å². The summed E-state index contributed by atoms with van der Waals surface area (Å²) >= 11 is 0. The molecule has 0 aliphatic heterocycles. The third-order valence-electron chi connectivity index (χ3n) is 3.23. The minimum absolute atomic E-state index is 0.0516. The molecule has 18 heavy (non-hydrogen) atoms. The maximum absolute atomic E-state index is 12.0. The third-order valence-corrected chi connectivity index (χ3v) is 3.23. The van der Waals surface area contributed by atoms with Gasteiger partial charge in [0.1, 0.15) is 6.61 Å². The molecule has 2 N–H and O–H groups in total. The quantitative estimate of drug-likeness (QED) is 0.798. The van der Waals surface area contributed by atoms with Gasteiger partial charge in [0, 0.05) is 11.5 Å². The van der Waals surface area contributed by atoms with Gasteiger partial charge in [-0.15, -0.1) is 0 Å². The van der Waals surface area contributed by atoms with Gasteiger partial charge in [0.2, 0.25) is 5.91 Å². The lowest BCUT2D eigenvalue weighted by Crippen LogP contribution is -2.22. The van der Waals surface area contributed by atoms with Crippen LogP contribution in [0, 0.1) is 23.7 Å². The Kier molecular flexibility index (Phi) is 4.01. The number of aliphatic hydroxyl groups is 1. The summed E-state index contributed by atoms with van der Waals surface area (Å²) in [5.74, 6) is 6.09. The molecule has 1 aliphatic carbocycles. The van der Waals surface area contributed by atoms with Crippen LogP contribution in [0.15, 0.2) is 24.3 Å². The van der Waals surface area contributed by atoms with Gasteiger partial charge in [-0.3, -0.25) is 4.79 Å². The van der Waals surface area contributed by atoms with E-state index in [9.17, 15) is 4.79 Å². The Bertz CT molecular complexity index is 495. The predicted molar refractivity (Wildman–Crippen MR) is 70.9 cm³/mol. The van der Waals surface area contributed by atoms with E-state index in [2.05, 4.69) is 17.2 Å². The summed E-state index contributed by atoms with van der Waals surface area (Å²) in [6.45, 7) is 1.79. The third kappa shape index (κ3) is 3.12. The zero-order chi connectivity index (χ0) is 13.0. The summed E-state index contributed by atoms with van der Waals surface area (Å²) in [5, 5.41) is 11.6. The second kappa shape index (κ2) is 5.70. The maximum atomic E-state index is 12.0. The van der Waals surface area contributed by atoms with Gasteiger partial charge in [-0.25, -0.2) is 0 Å². The zero-order valence-electron chi connectivity index (χ0n) is 10.4. The van der Waals surface area contributed by atoms with E-state index < -0.39 is 0 Å². The van der Waals surface area contributed by atoms with Gasteiger partial charge in [-0.1, -0.05) is 30.9 Å². The van der Waals surface area contributed by atoms with E-state index in [1.165, 1.54) is 0 Å². The van der Waals surface area contributed by atoms with E-state index in [0.29, 0.717) is 5.92 Å². The summed E-state index contributed by atoms with van der Waals surface area (Å²) in [5.41, 5.74) is 1.46. The van der Waals surface area contributed by atoms with Crippen LogP contribution in [0.2, 0.25) is 0 Å². The summed E-state index contributed by atoms with van der Waals surface area (Å²) in [6.07, 6.45) is 2.31. The monoisotopic (exact) mass is 243 g/mol. The van der Waals surface area contributed by atoms with Crippen LogP contribution in [-0.2, 0) is 4.79 Å². The predicted octanol–water partition coefficient (Wildman–Crippen LogP) is 2.01. The minimum atomic E-state index is -0.180. The SMILES string of the molecule is CC(C(=O)Nc1ccccc1C#CCO)C1CC1. The molecule has 1 aromatic rings. The highest BCUT2D eigenvalue weighted by atomic mass is 16.2. The Morgan fingerprint density at radius 2 is 2.22 bits per heavy atom. The molecule has 1 unspecified atom stereocenters. The number of rotatable bonds is 3. The van der Waals surface area contributed by atoms with Crippen LogP contribution in [0.1, 0.15) is 25.3 Å². The first kappa shape index (κ1) is 12.7. The van der Waals surface area contributed by atoms with Crippen molar-refractivity contribution in [3.8, 4) is 11.8 Å². The molecule has 1 amide bonds. The fraction of sp³-hybridized carbons (Fsp3) is 0.400. The van der Waals surface area contributed by atoms with Gasteiger partial charge < -0.3 is 10.4 Å². The van der Waals surface area contributed by atoms with Crippen molar-refractivity contribution in [2.24, 2.45) is 11.8 Å². The summed E-state index contributed by atoms with van der Waals surface area (Å²) in [6, 6.07) is 7.39. The van der Waals surface area contributed by atoms with Crippen LogP contribution in [0.25, 0.3) is 0 Å². The topological polar surface area (TPSA) is 49.3 Å². The summed E-state index contributed by atoms with van der Waals surface area (Å²) in [7, 11) is 0. The molecule has 1 aliphatic rings. The van der Waals surface area contributed by atoms with E-state index in [1.807, 2.05) is 31.2 Å². The second-order valence-electron chi connectivity index (χ2n) is 4.62. The van der Waals surface area contributed by atoms with Gasteiger partial charge in [0.05, 0.1) is 5.69 Å². The lowest BCUT2D eigenvalue weighted by atomic mass is 10.1. The first-order chi connectivity index (χ1) is 8.72. The van der Waals surface area contributed by atoms with Crippen LogP contribution in [0.5, 0.6) is 0 Å². The number of benzene rings is 1. The Hall–Kier alpha value is -1.79. The van der Waals surface area contributed by atoms with E-state index in [-0.39, 0.29) is 18.4 Å². The lowest BCUT2D eigenvalue weighted by molar-refractivity contribution is -0.119. The Labute approximate surface area is 107 Å². The number of anilines is 1. The first-order valence-corrected chi connectivity index (χ1v) is 6.22. The van der Waals surface area contributed by atoms with Crippen molar-refractivity contribution in [2.45, 2.75) is 19.8 Å². The van der Waals surface area contributed by atoms with E-state index >= 15 is 0 Å². The van der Waals surface area contributed by atoms with Crippen molar-refractivity contribution in [1.29, 1.82) is 0 Å². The van der Waals surface area contributed by atoms with Crippen LogP contribution in [0.4, 0.5) is 5.69 Å². The first-order valence-electron chi connectivity index (χ1n) is 6.22. The Morgan fingerprint density at radius 3 is 2.89 bits per heavy atom. The highest BCUT2D eigenvalue weighted by Crippen LogP contribution is 2.37. The molecule has 1 atom stereocenters. The second-order valence-corrected chi connectivity index (χ2v) is 4.62. The average molecular weight is 243 g/mol. The van der Waals surface area contributed by atoms with Crippen LogP contribution in [-0.4, -0.2) is 17.6 Å². The van der Waals surface area contributed by atoms with Gasteiger partial charge in [0.25, 0.3) is 0 Å². The van der Waals surface area contributed by atoms with E-state index in [0.717, 1.165) is 24.1 Å². The molecule has 0 bridgehead atoms. The van der Waals surface area contributed by atoms with Crippen molar-refractivity contribution >= 4 is 11.6 Å². The minimum Gasteiger partial charge on any atom is -0.384 e. The summed E-state index contributed by atoms with van der Waals surface area (Å²) < 4.78 is 0. The zero-order valence-corrected chi connectivity index (χ0v) is 10.4. The van der Waals surface area contributed by atoms with Crippen LogP contribution >= 0.6 is 0 Å². The lowest BCUT2D eigenvalue weighted by Gasteiger charge is -2.12. The fourth-order valence-electron chi connectivity index (χ4n) is 1.89. The molecule has 3 heteroatoms. The highest BCUT2D eigenvalue weighted by Gasteiger charge is 2.32. The largest absolute Gasteiger partial charge is 0.384 e. The molecule has 94 valence electrons. The van der Waals surface area contributed by atoms with Crippen LogP contribution in [0.3, 0.4) is 0 Å². The number of hydrogen-bond acceptors (Lipinski definition) is 2. The number of carbonyl (C=O) groups excluding carboxylic acids is 1. The molecule has 0 heterocycles. The molecule has 2 rings (SSSR count). The molecule has 0 saturated heterocycles. The van der Waals surface area contributed by atoms with Gasteiger partial charge >= 0.3 is 0 Å². The van der Waals surface area contributed by atoms with Crippen molar-refractivity contribution in [3.63, 3.8) is 0 Å². The molecule has 1 saturated carbocycles. The van der Waals surface area contributed by atoms with Gasteiger partial charge in [0.15, 0.2) is 0 Å². The van der Waals surface area contributed by atoms with Crippen molar-refractivity contribution in [2.75, 3.05) is 11.9 Å². The highest BCUT2D eigenvalue weighted by molar-refractivity contribution is 5.94. The maximum Gasteiger partial charge on any atom is 0.227 e. The number of nitrogens with one attached hydrogen (secondary N) is 1. The normalized spacial score (nSPS) is 15.4. The molecule has 0 radical (unpaired) electrons. The number of amides is 1.